The van der Waals surface area contributed by atoms with Crippen molar-refractivity contribution in [1.82, 2.24) is 5.32 Å². The molecule has 10 nitrogen and oxygen atoms in total. The van der Waals surface area contributed by atoms with E-state index in [4.69, 9.17) is 4.74 Å². The van der Waals surface area contributed by atoms with E-state index in [0.717, 1.165) is 5.56 Å². The highest BCUT2D eigenvalue weighted by atomic mass is 32.2. The van der Waals surface area contributed by atoms with Crippen molar-refractivity contribution < 1.29 is 37.8 Å². The third-order valence-corrected chi connectivity index (χ3v) is 9.05. The van der Waals surface area contributed by atoms with Gasteiger partial charge in [0.1, 0.15) is 5.60 Å². The Hall–Kier alpha value is -2.66. The number of ether oxygens (including phenoxy) is 1. The quantitative estimate of drug-likeness (QED) is 0.367. The van der Waals surface area contributed by atoms with Gasteiger partial charge in [-0.3, -0.25) is 9.59 Å². The van der Waals surface area contributed by atoms with E-state index in [1.165, 1.54) is 11.8 Å². The van der Waals surface area contributed by atoms with Crippen molar-refractivity contribution in [2.45, 2.75) is 97.1 Å². The zero-order chi connectivity index (χ0) is 29.8. The minimum Gasteiger partial charge on any atom is -0.481 e. The summed E-state index contributed by atoms with van der Waals surface area (Å²) in [5.41, 5.74) is -0.0642. The molecule has 1 heterocycles. The van der Waals surface area contributed by atoms with Crippen LogP contribution in [0.1, 0.15) is 73.3 Å². The van der Waals surface area contributed by atoms with Gasteiger partial charge in [-0.05, 0) is 57.1 Å². The molecule has 2 amide bonds. The Labute approximate surface area is 232 Å². The van der Waals surface area contributed by atoms with E-state index >= 15 is 0 Å². The number of aliphatic hydroxyl groups excluding tert-OH is 1. The van der Waals surface area contributed by atoms with Crippen LogP contribution in [-0.4, -0.2) is 71.9 Å². The van der Waals surface area contributed by atoms with Crippen LogP contribution in [0.5, 0.6) is 0 Å². The summed E-state index contributed by atoms with van der Waals surface area (Å²) < 4.78 is 30.8. The fourth-order valence-electron chi connectivity index (χ4n) is 4.81. The number of hydrogen-bond acceptors (Lipinski definition) is 7. The molecule has 1 aliphatic heterocycles. The molecule has 4 atom stereocenters. The predicted molar refractivity (Wildman–Crippen MR) is 149 cm³/mol. The Morgan fingerprint density at radius 1 is 1.15 bits per heavy atom. The number of aliphatic hydroxyl groups is 1. The average Bonchev–Trinajstić information content (AvgIpc) is 2.80. The third kappa shape index (κ3) is 9.49. The van der Waals surface area contributed by atoms with Gasteiger partial charge in [0.2, 0.25) is 5.91 Å². The zero-order valence-corrected chi connectivity index (χ0v) is 24.9. The number of anilines is 1. The first kappa shape index (κ1) is 32.6. The molecule has 0 saturated carbocycles. The molecule has 0 unspecified atom stereocenters. The van der Waals surface area contributed by atoms with E-state index in [1.54, 1.807) is 39.8 Å². The number of sulfone groups is 1. The van der Waals surface area contributed by atoms with Crippen molar-refractivity contribution in [1.29, 1.82) is 0 Å². The molecule has 0 bridgehead atoms. The molecule has 0 saturated heterocycles. The number of carbonyl (C=O) groups is 3. The number of para-hydroxylation sites is 1. The van der Waals surface area contributed by atoms with Crippen molar-refractivity contribution >= 4 is 33.5 Å². The largest absolute Gasteiger partial charge is 0.481 e. The highest BCUT2D eigenvalue weighted by Crippen LogP contribution is 2.35. The zero-order valence-electron chi connectivity index (χ0n) is 24.1. The van der Waals surface area contributed by atoms with Crippen LogP contribution in [0.25, 0.3) is 0 Å². The number of carboxylic acids is 1. The molecule has 39 heavy (non-hydrogen) atoms. The standard InChI is InChI=1S/C28H44N2O8S/c1-8-39(36,37)20-14-19-11-9-10-12-22(19)30(17-20)24(32)16-28(6,7)15-21(23(31)13-18(2)25(33)34)29-26(35)38-27(3,4)5/h9-12,18,20-21,23,31H,8,13-17H2,1-7H3,(H,29,35)(H,33,34)/t18-,20-,21+,23+/m1/s1. The lowest BCUT2D eigenvalue weighted by Crippen LogP contribution is -2.50. The molecule has 1 aromatic carbocycles. The molecule has 1 aliphatic rings. The number of nitrogens with one attached hydrogen (secondary N) is 1. The SMILES string of the molecule is CCS(=O)(=O)[C@@H]1Cc2ccccc2N(C(=O)CC(C)(C)C[C@H](NC(=O)OC(C)(C)C)[C@@H](O)C[C@@H](C)C(=O)O)C1. The maximum absolute atomic E-state index is 13.6. The van der Waals surface area contributed by atoms with Gasteiger partial charge in [0.05, 0.1) is 23.3 Å². The molecular weight excluding hydrogens is 524 g/mol. The first-order valence-corrected chi connectivity index (χ1v) is 15.1. The summed E-state index contributed by atoms with van der Waals surface area (Å²) in [5, 5.41) is 22.2. The monoisotopic (exact) mass is 568 g/mol. The number of amides is 2. The van der Waals surface area contributed by atoms with Crippen LogP contribution >= 0.6 is 0 Å². The fourth-order valence-corrected chi connectivity index (χ4v) is 6.09. The molecule has 3 N–H and O–H groups in total. The second-order valence-electron chi connectivity index (χ2n) is 12.3. The van der Waals surface area contributed by atoms with Crippen molar-refractivity contribution in [3.8, 4) is 0 Å². The van der Waals surface area contributed by atoms with Gasteiger partial charge in [-0.2, -0.15) is 0 Å². The van der Waals surface area contributed by atoms with Crippen molar-refractivity contribution in [3.63, 3.8) is 0 Å². The summed E-state index contributed by atoms with van der Waals surface area (Å²) >= 11 is 0. The van der Waals surface area contributed by atoms with E-state index in [-0.39, 0.29) is 37.5 Å². The van der Waals surface area contributed by atoms with Crippen LogP contribution in [-0.2, 0) is 30.6 Å². The van der Waals surface area contributed by atoms with E-state index in [9.17, 15) is 33.0 Å². The first-order valence-electron chi connectivity index (χ1n) is 13.4. The number of alkyl carbamates (subject to hydrolysis) is 1. The van der Waals surface area contributed by atoms with Gasteiger partial charge in [0, 0.05) is 24.4 Å². The number of carbonyl (C=O) groups excluding carboxylic acids is 2. The number of carboxylic acid groups (broad SMARTS) is 1. The lowest BCUT2D eigenvalue weighted by molar-refractivity contribution is -0.142. The van der Waals surface area contributed by atoms with Crippen LogP contribution in [0.3, 0.4) is 0 Å². The van der Waals surface area contributed by atoms with Crippen LogP contribution in [0.2, 0.25) is 0 Å². The van der Waals surface area contributed by atoms with E-state index in [1.807, 2.05) is 26.0 Å². The molecule has 0 radical (unpaired) electrons. The maximum atomic E-state index is 13.6. The summed E-state index contributed by atoms with van der Waals surface area (Å²) in [6.45, 7) is 11.9. The summed E-state index contributed by atoms with van der Waals surface area (Å²) in [6.07, 6.45) is -1.56. The summed E-state index contributed by atoms with van der Waals surface area (Å²) in [4.78, 5) is 39.1. The number of nitrogens with zero attached hydrogens (tertiary/aromatic N) is 1. The highest BCUT2D eigenvalue weighted by Gasteiger charge is 2.38. The number of aliphatic carboxylic acids is 1. The Bertz CT molecular complexity index is 1140. The topological polar surface area (TPSA) is 150 Å². The Morgan fingerprint density at radius 2 is 1.77 bits per heavy atom. The number of rotatable bonds is 11. The Balaban J connectivity index is 2.27. The van der Waals surface area contributed by atoms with Crippen LogP contribution in [0, 0.1) is 11.3 Å². The molecule has 11 heteroatoms. The fraction of sp³-hybridized carbons (Fsp3) is 0.679. The first-order chi connectivity index (χ1) is 17.8. The van der Waals surface area contributed by atoms with E-state index in [0.29, 0.717) is 12.1 Å². The summed E-state index contributed by atoms with van der Waals surface area (Å²) in [5.74, 6) is -2.21. The smallest absolute Gasteiger partial charge is 0.407 e. The normalized spacial score (nSPS) is 18.5. The molecular formula is C28H44N2O8S. The van der Waals surface area contributed by atoms with Crippen molar-refractivity contribution in [2.75, 3.05) is 17.2 Å². The van der Waals surface area contributed by atoms with Gasteiger partial charge in [-0.15, -0.1) is 0 Å². The van der Waals surface area contributed by atoms with E-state index < -0.39 is 56.2 Å². The number of fused-ring (bicyclic) bond motifs is 1. The minimum atomic E-state index is -3.39. The number of hydrogen-bond donors (Lipinski definition) is 3. The molecule has 220 valence electrons. The van der Waals surface area contributed by atoms with Gasteiger partial charge < -0.3 is 25.2 Å². The second kappa shape index (κ2) is 12.7. The highest BCUT2D eigenvalue weighted by molar-refractivity contribution is 7.92. The molecule has 0 aromatic heterocycles. The molecule has 1 aromatic rings. The van der Waals surface area contributed by atoms with Crippen LogP contribution in [0.15, 0.2) is 24.3 Å². The predicted octanol–water partition coefficient (Wildman–Crippen LogP) is 3.55. The van der Waals surface area contributed by atoms with E-state index in [2.05, 4.69) is 5.32 Å². The van der Waals surface area contributed by atoms with Gasteiger partial charge in [-0.1, -0.05) is 45.9 Å². The molecule has 2 rings (SSSR count). The Kier molecular flexibility index (Phi) is 10.6. The average molecular weight is 569 g/mol. The van der Waals surface area contributed by atoms with Gasteiger partial charge in [-0.25, -0.2) is 13.2 Å². The van der Waals surface area contributed by atoms with Gasteiger partial charge in [0.15, 0.2) is 9.84 Å². The van der Waals surface area contributed by atoms with Gasteiger partial charge >= 0.3 is 12.1 Å². The molecule has 0 fully saturated rings. The summed E-state index contributed by atoms with van der Waals surface area (Å²) in [6, 6.07) is 6.38. The molecule has 0 spiro atoms. The Morgan fingerprint density at radius 3 is 2.33 bits per heavy atom. The maximum Gasteiger partial charge on any atom is 0.407 e. The summed E-state index contributed by atoms with van der Waals surface area (Å²) in [7, 11) is -3.39. The lowest BCUT2D eigenvalue weighted by atomic mass is 9.79. The van der Waals surface area contributed by atoms with Crippen molar-refractivity contribution in [3.05, 3.63) is 29.8 Å². The molecule has 0 aliphatic carbocycles. The van der Waals surface area contributed by atoms with Gasteiger partial charge in [0.25, 0.3) is 0 Å². The van der Waals surface area contributed by atoms with Crippen molar-refractivity contribution in [2.24, 2.45) is 11.3 Å². The lowest BCUT2D eigenvalue weighted by Gasteiger charge is -2.38. The second-order valence-corrected chi connectivity index (χ2v) is 14.8. The van der Waals surface area contributed by atoms with Crippen LogP contribution < -0.4 is 10.2 Å². The van der Waals surface area contributed by atoms with Crippen LogP contribution in [0.4, 0.5) is 10.5 Å². The minimum absolute atomic E-state index is 0.00787. The third-order valence-electron chi connectivity index (χ3n) is 6.91. The number of benzene rings is 1.